The van der Waals surface area contributed by atoms with E-state index in [1.165, 1.54) is 30.4 Å². The van der Waals surface area contributed by atoms with Crippen molar-refractivity contribution in [3.8, 4) is 17.0 Å². The lowest BCUT2D eigenvalue weighted by molar-refractivity contribution is 0.415. The molecule has 0 aliphatic heterocycles. The number of ether oxygens (including phenoxy) is 1. The second-order valence-corrected chi connectivity index (χ2v) is 6.73. The standard InChI is InChI=1S/C18H23N3O.C4H10/c1-4-14-17(20-15(5-2)18(19)21-14)13-9-11-7-6-8-12(11)10-16(13)22-3;1-3-4-2/h9-10H,4-8H2,1-3H3,(H2,19,21);3-4H2,1-2H3. The van der Waals surface area contributed by atoms with Crippen LogP contribution in [0, 0.1) is 0 Å². The Bertz CT molecular complexity index is 730. The fraction of sp³-hybridized carbons (Fsp3) is 0.545. The molecule has 2 N–H and O–H groups in total. The highest BCUT2D eigenvalue weighted by atomic mass is 16.5. The molecule has 0 unspecified atom stereocenters. The summed E-state index contributed by atoms with van der Waals surface area (Å²) in [6, 6.07) is 4.40. The van der Waals surface area contributed by atoms with Crippen LogP contribution in [0.25, 0.3) is 11.3 Å². The molecule has 0 fully saturated rings. The van der Waals surface area contributed by atoms with E-state index in [2.05, 4.69) is 44.8 Å². The third-order valence-corrected chi connectivity index (χ3v) is 4.91. The Balaban J connectivity index is 0.000000552. The number of aryl methyl sites for hydroxylation is 4. The van der Waals surface area contributed by atoms with Crippen molar-refractivity contribution >= 4 is 5.82 Å². The number of hydrogen-bond acceptors (Lipinski definition) is 4. The van der Waals surface area contributed by atoms with Crippen LogP contribution < -0.4 is 10.5 Å². The number of benzene rings is 1. The molecule has 0 bridgehead atoms. The van der Waals surface area contributed by atoms with Gasteiger partial charge in [-0.2, -0.15) is 0 Å². The summed E-state index contributed by atoms with van der Waals surface area (Å²) < 4.78 is 5.63. The number of aromatic nitrogens is 2. The molecule has 0 radical (unpaired) electrons. The molecular formula is C22H33N3O. The zero-order valence-electron chi connectivity index (χ0n) is 17.0. The first-order valence-corrected chi connectivity index (χ1v) is 9.94. The van der Waals surface area contributed by atoms with E-state index in [1.807, 2.05) is 0 Å². The van der Waals surface area contributed by atoms with Gasteiger partial charge in [0, 0.05) is 5.56 Å². The van der Waals surface area contributed by atoms with Gasteiger partial charge in [-0.1, -0.05) is 40.5 Å². The summed E-state index contributed by atoms with van der Waals surface area (Å²) in [6.45, 7) is 8.49. The van der Waals surface area contributed by atoms with E-state index in [4.69, 9.17) is 15.5 Å². The largest absolute Gasteiger partial charge is 0.496 e. The normalized spacial score (nSPS) is 12.3. The molecule has 1 aromatic heterocycles. The van der Waals surface area contributed by atoms with E-state index in [-0.39, 0.29) is 0 Å². The summed E-state index contributed by atoms with van der Waals surface area (Å²) in [6.07, 6.45) is 7.72. The molecule has 4 heteroatoms. The fourth-order valence-electron chi connectivity index (χ4n) is 3.20. The lowest BCUT2D eigenvalue weighted by Crippen LogP contribution is -2.07. The zero-order chi connectivity index (χ0) is 19.1. The molecule has 1 aliphatic rings. The van der Waals surface area contributed by atoms with Gasteiger partial charge >= 0.3 is 0 Å². The van der Waals surface area contributed by atoms with E-state index >= 15 is 0 Å². The van der Waals surface area contributed by atoms with Crippen LogP contribution in [0.15, 0.2) is 12.1 Å². The third-order valence-electron chi connectivity index (χ3n) is 4.91. The van der Waals surface area contributed by atoms with Crippen LogP contribution in [0.5, 0.6) is 5.75 Å². The molecule has 4 nitrogen and oxygen atoms in total. The lowest BCUT2D eigenvalue weighted by Gasteiger charge is -2.15. The summed E-state index contributed by atoms with van der Waals surface area (Å²) in [5, 5.41) is 0. The highest BCUT2D eigenvalue weighted by molar-refractivity contribution is 5.72. The van der Waals surface area contributed by atoms with Crippen molar-refractivity contribution in [2.45, 2.75) is 72.6 Å². The number of hydrogen-bond donors (Lipinski definition) is 1. The van der Waals surface area contributed by atoms with Crippen molar-refractivity contribution in [2.24, 2.45) is 0 Å². The van der Waals surface area contributed by atoms with E-state index in [1.54, 1.807) is 7.11 Å². The Morgan fingerprint density at radius 3 is 2.08 bits per heavy atom. The second kappa shape index (κ2) is 9.56. The van der Waals surface area contributed by atoms with Crippen LogP contribution in [0.1, 0.15) is 69.5 Å². The second-order valence-electron chi connectivity index (χ2n) is 6.73. The molecule has 1 aromatic carbocycles. The molecule has 0 atom stereocenters. The Morgan fingerprint density at radius 2 is 1.54 bits per heavy atom. The number of unbranched alkanes of at least 4 members (excludes halogenated alkanes) is 1. The molecule has 0 amide bonds. The number of anilines is 1. The maximum Gasteiger partial charge on any atom is 0.145 e. The van der Waals surface area contributed by atoms with Gasteiger partial charge in [-0.3, -0.25) is 0 Å². The molecule has 0 spiro atoms. The quantitative estimate of drug-likeness (QED) is 0.805. The molecule has 0 saturated heterocycles. The van der Waals surface area contributed by atoms with E-state index in [0.29, 0.717) is 5.82 Å². The maximum absolute atomic E-state index is 6.01. The number of nitrogens with zero attached hydrogens (tertiary/aromatic N) is 2. The highest BCUT2D eigenvalue weighted by Crippen LogP contribution is 2.37. The SMILES string of the molecule is CCCC.CCc1nc(-c2cc3c(cc2OC)CCC3)c(CC)nc1N. The number of rotatable bonds is 5. The minimum atomic E-state index is 0.545. The predicted molar refractivity (Wildman–Crippen MR) is 110 cm³/mol. The summed E-state index contributed by atoms with van der Waals surface area (Å²) in [5.41, 5.74) is 12.6. The van der Waals surface area contributed by atoms with Gasteiger partial charge in [0.05, 0.1) is 24.2 Å². The van der Waals surface area contributed by atoms with Gasteiger partial charge < -0.3 is 10.5 Å². The first-order valence-electron chi connectivity index (χ1n) is 9.94. The molecule has 142 valence electrons. The van der Waals surface area contributed by atoms with Crippen LogP contribution in [0.2, 0.25) is 0 Å². The van der Waals surface area contributed by atoms with E-state index < -0.39 is 0 Å². The summed E-state index contributed by atoms with van der Waals surface area (Å²) in [4.78, 5) is 9.37. The Hall–Kier alpha value is -2.10. The van der Waals surface area contributed by atoms with Crippen LogP contribution in [-0.4, -0.2) is 17.1 Å². The van der Waals surface area contributed by atoms with Crippen LogP contribution in [-0.2, 0) is 25.7 Å². The lowest BCUT2D eigenvalue weighted by atomic mass is 10.0. The third kappa shape index (κ3) is 4.35. The van der Waals surface area contributed by atoms with Gasteiger partial charge in [-0.05, 0) is 55.4 Å². The zero-order valence-corrected chi connectivity index (χ0v) is 17.0. The van der Waals surface area contributed by atoms with Crippen LogP contribution in [0.3, 0.4) is 0 Å². The molecule has 0 saturated carbocycles. The van der Waals surface area contributed by atoms with Gasteiger partial charge in [-0.15, -0.1) is 0 Å². The number of nitrogens with two attached hydrogens (primary N) is 1. The molecule has 26 heavy (non-hydrogen) atoms. The van der Waals surface area contributed by atoms with Crippen molar-refractivity contribution < 1.29 is 4.74 Å². The van der Waals surface area contributed by atoms with Crippen molar-refractivity contribution in [1.29, 1.82) is 0 Å². The Morgan fingerprint density at radius 1 is 0.923 bits per heavy atom. The van der Waals surface area contributed by atoms with Gasteiger partial charge in [0.15, 0.2) is 0 Å². The predicted octanol–water partition coefficient (Wildman–Crippen LogP) is 5.15. The Labute approximate surface area is 158 Å². The molecule has 1 aliphatic carbocycles. The van der Waals surface area contributed by atoms with E-state index in [0.717, 1.165) is 54.1 Å². The topological polar surface area (TPSA) is 61.0 Å². The van der Waals surface area contributed by atoms with Crippen molar-refractivity contribution in [1.82, 2.24) is 9.97 Å². The van der Waals surface area contributed by atoms with Gasteiger partial charge in [-0.25, -0.2) is 9.97 Å². The number of methoxy groups -OCH3 is 1. The van der Waals surface area contributed by atoms with Gasteiger partial charge in [0.1, 0.15) is 11.6 Å². The van der Waals surface area contributed by atoms with Crippen LogP contribution >= 0.6 is 0 Å². The first-order chi connectivity index (χ1) is 12.6. The summed E-state index contributed by atoms with van der Waals surface area (Å²) >= 11 is 0. The summed E-state index contributed by atoms with van der Waals surface area (Å²) in [7, 11) is 1.72. The minimum absolute atomic E-state index is 0.545. The fourth-order valence-corrected chi connectivity index (χ4v) is 3.20. The van der Waals surface area contributed by atoms with Crippen molar-refractivity contribution in [3.63, 3.8) is 0 Å². The molecule has 1 heterocycles. The van der Waals surface area contributed by atoms with Crippen molar-refractivity contribution in [3.05, 3.63) is 34.6 Å². The number of nitrogen functional groups attached to an aromatic ring is 1. The van der Waals surface area contributed by atoms with Gasteiger partial charge in [0.2, 0.25) is 0 Å². The van der Waals surface area contributed by atoms with Crippen molar-refractivity contribution in [2.75, 3.05) is 12.8 Å². The van der Waals surface area contributed by atoms with Gasteiger partial charge in [0.25, 0.3) is 0 Å². The first kappa shape index (κ1) is 20.2. The van der Waals surface area contributed by atoms with Crippen LogP contribution in [0.4, 0.5) is 5.82 Å². The monoisotopic (exact) mass is 355 g/mol. The minimum Gasteiger partial charge on any atom is -0.496 e. The molecule has 3 rings (SSSR count). The summed E-state index contributed by atoms with van der Waals surface area (Å²) in [5.74, 6) is 1.43. The molecule has 2 aromatic rings. The average Bonchev–Trinajstić information content (AvgIpc) is 3.14. The maximum atomic E-state index is 6.01. The Kier molecular flexibility index (Phi) is 7.43. The molecular weight excluding hydrogens is 322 g/mol. The highest BCUT2D eigenvalue weighted by Gasteiger charge is 2.20. The number of fused-ring (bicyclic) bond motifs is 1. The smallest absolute Gasteiger partial charge is 0.145 e. The average molecular weight is 356 g/mol. The van der Waals surface area contributed by atoms with E-state index in [9.17, 15) is 0 Å².